The third-order valence-corrected chi connectivity index (χ3v) is 17.1. The summed E-state index contributed by atoms with van der Waals surface area (Å²) in [5.74, 6) is 0. The Morgan fingerprint density at radius 3 is 1.61 bits per heavy atom. The molecule has 0 aliphatic rings. The van der Waals surface area contributed by atoms with Crippen LogP contribution in [0.2, 0.25) is 0 Å². The van der Waals surface area contributed by atoms with Gasteiger partial charge in [-0.1, -0.05) is 152 Å². The van der Waals surface area contributed by atoms with E-state index >= 15 is 0 Å². The van der Waals surface area contributed by atoms with Crippen molar-refractivity contribution in [3.8, 4) is 39.7 Å². The molecule has 15 aromatic rings. The summed E-state index contributed by atoms with van der Waals surface area (Å²) < 4.78 is 16.5. The van der Waals surface area contributed by atoms with Crippen molar-refractivity contribution in [1.82, 2.24) is 9.13 Å². The standard InChI is InChI=1S/C64H36N4OS2/c1-35-32-36(2)61-48(33-35)45-29-26-42-39-20-10-13-23-50(39)67(57(42)62(45)69-61)56-49(34-65)53(37-16-6-4-7-17-37)55(66-3)60(54(56)38-18-8-5-9-19-38)68-58-43(27-30-46-40-21-11-14-24-51(40)70-63(46)58)44-28-31-47-41-22-12-15-25-52(41)71-64(47)59(44)68/h4-33H,1-2H3. The molecule has 0 spiro atoms. The molecule has 0 aliphatic heterocycles. The van der Waals surface area contributed by atoms with E-state index in [2.05, 4.69) is 179 Å². The van der Waals surface area contributed by atoms with E-state index in [1.165, 1.54) is 20.2 Å². The Bertz CT molecular complexity index is 4790. The van der Waals surface area contributed by atoms with Crippen LogP contribution in [0.1, 0.15) is 16.7 Å². The predicted octanol–water partition coefficient (Wildman–Crippen LogP) is 18.9. The van der Waals surface area contributed by atoms with Gasteiger partial charge in [0.2, 0.25) is 5.69 Å². The average molecular weight is 941 g/mol. The molecule has 0 saturated heterocycles. The lowest BCUT2D eigenvalue weighted by Crippen LogP contribution is -2.09. The van der Waals surface area contributed by atoms with Gasteiger partial charge in [-0.15, -0.1) is 22.7 Å². The summed E-state index contributed by atoms with van der Waals surface area (Å²) in [4.78, 5) is 4.66. The fourth-order valence-corrected chi connectivity index (χ4v) is 14.3. The maximum Gasteiger partial charge on any atom is 0.220 e. The number of furan rings is 1. The fraction of sp³-hybridized carbons (Fsp3) is 0.0312. The Hall–Kier alpha value is -8.98. The quantitative estimate of drug-likeness (QED) is 0.165. The molecule has 5 heterocycles. The Kier molecular flexibility index (Phi) is 8.31. The molecule has 5 aromatic heterocycles. The Morgan fingerprint density at radius 2 is 1.00 bits per heavy atom. The molecular weight excluding hydrogens is 905 g/mol. The van der Waals surface area contributed by atoms with Crippen LogP contribution in [0.5, 0.6) is 0 Å². The van der Waals surface area contributed by atoms with Crippen molar-refractivity contribution in [2.75, 3.05) is 0 Å². The zero-order valence-electron chi connectivity index (χ0n) is 38.3. The molecule has 0 radical (unpaired) electrons. The summed E-state index contributed by atoms with van der Waals surface area (Å²) in [5, 5.41) is 23.1. The molecule has 0 unspecified atom stereocenters. The van der Waals surface area contributed by atoms with Crippen LogP contribution in [0, 0.1) is 31.8 Å². The number of nitrogens with zero attached hydrogens (tertiary/aromatic N) is 4. The highest BCUT2D eigenvalue weighted by Gasteiger charge is 2.34. The van der Waals surface area contributed by atoms with Crippen molar-refractivity contribution in [3.63, 3.8) is 0 Å². The molecule has 7 heteroatoms. The van der Waals surface area contributed by atoms with Crippen LogP contribution < -0.4 is 0 Å². The number of hydrogen-bond donors (Lipinski definition) is 0. The first kappa shape index (κ1) is 40.0. The SMILES string of the molecule is [C-]#[N+]c1c(-c2ccccc2)c(C#N)c(-n2c3ccccc3c3ccc4c5cc(C)cc(C)c5oc4c32)c(-c2ccccc2)c1-n1c2c(ccc3c4ccccc4sc32)c2ccc3c4ccccc4sc3c21. The Balaban J connectivity index is 1.26. The second-order valence-electron chi connectivity index (χ2n) is 18.6. The van der Waals surface area contributed by atoms with E-state index in [0.29, 0.717) is 22.5 Å². The molecule has 0 aliphatic carbocycles. The van der Waals surface area contributed by atoms with Crippen molar-refractivity contribution in [1.29, 1.82) is 5.26 Å². The van der Waals surface area contributed by atoms with Crippen molar-refractivity contribution in [3.05, 3.63) is 210 Å². The molecule has 5 nitrogen and oxygen atoms in total. The number of benzene rings is 10. The van der Waals surface area contributed by atoms with Crippen molar-refractivity contribution >= 4 is 134 Å². The van der Waals surface area contributed by atoms with E-state index in [1.54, 1.807) is 22.7 Å². The molecule has 0 atom stereocenters. The lowest BCUT2D eigenvalue weighted by molar-refractivity contribution is 0.668. The van der Waals surface area contributed by atoms with E-state index in [9.17, 15) is 11.8 Å². The number of rotatable bonds is 4. The van der Waals surface area contributed by atoms with Gasteiger partial charge in [-0.25, -0.2) is 4.85 Å². The summed E-state index contributed by atoms with van der Waals surface area (Å²) in [5.41, 5.74) is 13.0. The van der Waals surface area contributed by atoms with Crippen molar-refractivity contribution in [2.24, 2.45) is 0 Å². The lowest BCUT2D eigenvalue weighted by Gasteiger charge is -2.26. The van der Waals surface area contributed by atoms with Crippen molar-refractivity contribution in [2.45, 2.75) is 13.8 Å². The minimum atomic E-state index is 0.408. The topological polar surface area (TPSA) is 51.1 Å². The van der Waals surface area contributed by atoms with Gasteiger partial charge in [0.15, 0.2) is 5.58 Å². The van der Waals surface area contributed by atoms with Gasteiger partial charge in [0.05, 0.1) is 55.0 Å². The first-order valence-electron chi connectivity index (χ1n) is 23.7. The van der Waals surface area contributed by atoms with Gasteiger partial charge in [0.1, 0.15) is 11.7 Å². The molecular formula is C64H36N4OS2. The van der Waals surface area contributed by atoms with Gasteiger partial charge in [-0.05, 0) is 66.4 Å². The van der Waals surface area contributed by atoms with E-state index in [1.807, 2.05) is 36.4 Å². The Labute approximate surface area is 414 Å². The zero-order valence-corrected chi connectivity index (χ0v) is 40.0. The Morgan fingerprint density at radius 1 is 0.479 bits per heavy atom. The van der Waals surface area contributed by atoms with Gasteiger partial charge in [0, 0.05) is 74.4 Å². The molecule has 0 amide bonds. The average Bonchev–Trinajstić information content (AvgIpc) is 4.23. The van der Waals surface area contributed by atoms with Crippen LogP contribution in [-0.4, -0.2) is 9.13 Å². The van der Waals surface area contributed by atoms with E-state index < -0.39 is 0 Å². The van der Waals surface area contributed by atoms with Crippen molar-refractivity contribution < 1.29 is 4.42 Å². The second kappa shape index (κ2) is 14.8. The summed E-state index contributed by atoms with van der Waals surface area (Å²) in [6.07, 6.45) is 0. The monoisotopic (exact) mass is 940 g/mol. The molecule has 330 valence electrons. The van der Waals surface area contributed by atoms with Gasteiger partial charge in [-0.2, -0.15) is 5.26 Å². The van der Waals surface area contributed by atoms with Crippen LogP contribution in [0.4, 0.5) is 5.69 Å². The molecule has 0 saturated carbocycles. The minimum absolute atomic E-state index is 0.408. The molecule has 0 fully saturated rings. The normalized spacial score (nSPS) is 12.1. The summed E-state index contributed by atoms with van der Waals surface area (Å²) in [7, 11) is 0. The maximum absolute atomic E-state index is 12.1. The zero-order chi connectivity index (χ0) is 47.2. The summed E-state index contributed by atoms with van der Waals surface area (Å²) in [6, 6.07) is 67.0. The first-order chi connectivity index (χ1) is 35.0. The summed E-state index contributed by atoms with van der Waals surface area (Å²) in [6.45, 7) is 13.8. The molecule has 0 bridgehead atoms. The fourth-order valence-electron chi connectivity index (χ4n) is 11.9. The first-order valence-corrected chi connectivity index (χ1v) is 25.3. The highest BCUT2D eigenvalue weighted by molar-refractivity contribution is 7.27. The molecule has 10 aromatic carbocycles. The third-order valence-electron chi connectivity index (χ3n) is 14.7. The number of nitriles is 1. The van der Waals surface area contributed by atoms with Crippen LogP contribution in [0.3, 0.4) is 0 Å². The molecule has 71 heavy (non-hydrogen) atoms. The molecule has 15 rings (SSSR count). The van der Waals surface area contributed by atoms with Crippen LogP contribution in [-0.2, 0) is 0 Å². The number of aryl methyl sites for hydroxylation is 2. The van der Waals surface area contributed by atoms with Crippen LogP contribution >= 0.6 is 22.7 Å². The van der Waals surface area contributed by atoms with E-state index in [-0.39, 0.29) is 0 Å². The van der Waals surface area contributed by atoms with Gasteiger partial charge in [0.25, 0.3) is 0 Å². The number of para-hydroxylation sites is 1. The highest BCUT2D eigenvalue weighted by atomic mass is 32.1. The minimum Gasteiger partial charge on any atom is -0.454 e. The number of fused-ring (bicyclic) bond motifs is 18. The smallest absolute Gasteiger partial charge is 0.220 e. The third kappa shape index (κ3) is 5.37. The largest absolute Gasteiger partial charge is 0.454 e. The van der Waals surface area contributed by atoms with E-state index in [4.69, 9.17) is 4.42 Å². The summed E-state index contributed by atoms with van der Waals surface area (Å²) >= 11 is 3.59. The van der Waals surface area contributed by atoms with Gasteiger partial charge in [-0.3, -0.25) is 0 Å². The number of hydrogen-bond acceptors (Lipinski definition) is 4. The molecule has 0 N–H and O–H groups in total. The maximum atomic E-state index is 12.1. The van der Waals surface area contributed by atoms with Gasteiger partial charge < -0.3 is 13.6 Å². The lowest BCUT2D eigenvalue weighted by atomic mass is 9.88. The second-order valence-corrected chi connectivity index (χ2v) is 20.7. The number of thiophene rings is 2. The van der Waals surface area contributed by atoms with Gasteiger partial charge >= 0.3 is 0 Å². The van der Waals surface area contributed by atoms with E-state index in [0.717, 1.165) is 119 Å². The predicted molar refractivity (Wildman–Crippen MR) is 299 cm³/mol. The van der Waals surface area contributed by atoms with Crippen LogP contribution in [0.15, 0.2) is 186 Å². The van der Waals surface area contributed by atoms with Crippen LogP contribution in [0.25, 0.3) is 144 Å². The highest BCUT2D eigenvalue weighted by Crippen LogP contribution is 2.55. The number of aromatic nitrogens is 2.